The summed E-state index contributed by atoms with van der Waals surface area (Å²) in [6, 6.07) is 20.6. The van der Waals surface area contributed by atoms with Gasteiger partial charge in [0, 0.05) is 23.0 Å². The van der Waals surface area contributed by atoms with E-state index in [9.17, 15) is 4.79 Å². The third-order valence-corrected chi connectivity index (χ3v) is 5.40. The molecule has 2 amide bonds. The number of carbonyl (C=O) groups is 1. The summed E-state index contributed by atoms with van der Waals surface area (Å²) in [4.78, 5) is 16.9. The van der Waals surface area contributed by atoms with Crippen LogP contribution < -0.4 is 20.1 Å². The molecule has 1 aliphatic rings. The van der Waals surface area contributed by atoms with Crippen molar-refractivity contribution in [2.75, 3.05) is 17.4 Å². The van der Waals surface area contributed by atoms with Crippen molar-refractivity contribution in [2.45, 2.75) is 0 Å². The molecule has 0 aliphatic carbocycles. The van der Waals surface area contributed by atoms with E-state index in [2.05, 4.69) is 21.7 Å². The lowest BCUT2D eigenvalue weighted by Gasteiger charge is -2.08. The minimum Gasteiger partial charge on any atom is -0.454 e. The maximum absolute atomic E-state index is 12.2. The predicted octanol–water partition coefficient (Wildman–Crippen LogP) is 5.34. The van der Waals surface area contributed by atoms with Gasteiger partial charge in [0.15, 0.2) is 11.5 Å². The van der Waals surface area contributed by atoms with Gasteiger partial charge in [0.25, 0.3) is 0 Å². The zero-order valence-corrected chi connectivity index (χ0v) is 15.5. The molecule has 0 saturated heterocycles. The van der Waals surface area contributed by atoms with Crippen LogP contribution in [0.5, 0.6) is 11.5 Å². The second-order valence-electron chi connectivity index (χ2n) is 6.21. The van der Waals surface area contributed by atoms with Crippen molar-refractivity contribution in [3.05, 3.63) is 66.7 Å². The van der Waals surface area contributed by atoms with Gasteiger partial charge in [-0.2, -0.15) is 0 Å². The van der Waals surface area contributed by atoms with Gasteiger partial charge >= 0.3 is 6.03 Å². The van der Waals surface area contributed by atoms with Crippen LogP contribution in [-0.2, 0) is 0 Å². The van der Waals surface area contributed by atoms with Crippen LogP contribution in [-0.4, -0.2) is 17.8 Å². The SMILES string of the molecule is O=C(Nc1ccc(-c2nc3ccccc3s2)cc1)Nc1ccc2c(c1)OCO2. The number of anilines is 2. The van der Waals surface area contributed by atoms with Crippen molar-refractivity contribution >= 4 is 39.0 Å². The van der Waals surface area contributed by atoms with Crippen molar-refractivity contribution in [2.24, 2.45) is 0 Å². The van der Waals surface area contributed by atoms with E-state index in [1.165, 1.54) is 0 Å². The first kappa shape index (κ1) is 16.6. The highest BCUT2D eigenvalue weighted by molar-refractivity contribution is 7.21. The van der Waals surface area contributed by atoms with E-state index >= 15 is 0 Å². The Morgan fingerprint density at radius 3 is 2.50 bits per heavy atom. The molecule has 28 heavy (non-hydrogen) atoms. The van der Waals surface area contributed by atoms with E-state index in [-0.39, 0.29) is 12.8 Å². The summed E-state index contributed by atoms with van der Waals surface area (Å²) in [6.07, 6.45) is 0. The monoisotopic (exact) mass is 389 g/mol. The maximum Gasteiger partial charge on any atom is 0.323 e. The number of thiazole rings is 1. The standard InChI is InChI=1S/C21H15N3O3S/c25-21(23-15-9-10-17-18(11-15)27-12-26-17)22-14-7-5-13(6-8-14)20-24-16-3-1-2-4-19(16)28-20/h1-11H,12H2,(H2,22,23,25). The van der Waals surface area contributed by atoms with Gasteiger partial charge < -0.3 is 20.1 Å². The molecule has 1 aromatic heterocycles. The summed E-state index contributed by atoms with van der Waals surface area (Å²) in [5, 5.41) is 6.57. The fourth-order valence-corrected chi connectivity index (χ4v) is 3.93. The third-order valence-electron chi connectivity index (χ3n) is 4.31. The molecule has 2 N–H and O–H groups in total. The Morgan fingerprint density at radius 1 is 0.893 bits per heavy atom. The van der Waals surface area contributed by atoms with Crippen molar-refractivity contribution in [3.63, 3.8) is 0 Å². The molecule has 0 unspecified atom stereocenters. The van der Waals surface area contributed by atoms with Crippen molar-refractivity contribution in [1.82, 2.24) is 4.98 Å². The number of rotatable bonds is 3. The lowest BCUT2D eigenvalue weighted by molar-refractivity contribution is 0.174. The van der Waals surface area contributed by atoms with Gasteiger partial charge in [-0.3, -0.25) is 0 Å². The number of urea groups is 1. The molecule has 3 aromatic carbocycles. The number of amides is 2. The van der Waals surface area contributed by atoms with Crippen LogP contribution in [0.1, 0.15) is 0 Å². The Hall–Kier alpha value is -3.58. The van der Waals surface area contributed by atoms with E-state index in [1.54, 1.807) is 29.5 Å². The van der Waals surface area contributed by atoms with Gasteiger partial charge in [-0.1, -0.05) is 12.1 Å². The van der Waals surface area contributed by atoms with Crippen molar-refractivity contribution in [1.29, 1.82) is 0 Å². The Kier molecular flexibility index (Phi) is 4.06. The molecule has 0 fully saturated rings. The van der Waals surface area contributed by atoms with Crippen LogP contribution in [0.4, 0.5) is 16.2 Å². The summed E-state index contributed by atoms with van der Waals surface area (Å²) in [7, 11) is 0. The number of benzene rings is 3. The van der Waals surface area contributed by atoms with Crippen LogP contribution in [0.2, 0.25) is 0 Å². The molecule has 5 rings (SSSR count). The van der Waals surface area contributed by atoms with Gasteiger partial charge in [0.2, 0.25) is 6.79 Å². The molecule has 2 heterocycles. The highest BCUT2D eigenvalue weighted by Crippen LogP contribution is 2.34. The number of carbonyl (C=O) groups excluding carboxylic acids is 1. The molecule has 0 atom stereocenters. The molecule has 0 saturated carbocycles. The number of hydrogen-bond acceptors (Lipinski definition) is 5. The summed E-state index contributed by atoms with van der Waals surface area (Å²) >= 11 is 1.65. The number of fused-ring (bicyclic) bond motifs is 2. The average molecular weight is 389 g/mol. The Balaban J connectivity index is 1.27. The molecule has 6 nitrogen and oxygen atoms in total. The minimum atomic E-state index is -0.327. The van der Waals surface area contributed by atoms with E-state index in [0.717, 1.165) is 20.8 Å². The summed E-state index contributed by atoms with van der Waals surface area (Å²) < 4.78 is 11.7. The lowest BCUT2D eigenvalue weighted by atomic mass is 10.2. The number of hydrogen-bond donors (Lipinski definition) is 2. The summed E-state index contributed by atoms with van der Waals surface area (Å²) in [5.74, 6) is 1.30. The molecule has 1 aliphatic heterocycles. The molecule has 7 heteroatoms. The molecule has 4 aromatic rings. The zero-order valence-electron chi connectivity index (χ0n) is 14.6. The van der Waals surface area contributed by atoms with Crippen LogP contribution in [0.25, 0.3) is 20.8 Å². The first-order valence-electron chi connectivity index (χ1n) is 8.68. The van der Waals surface area contributed by atoms with E-state index in [0.29, 0.717) is 22.9 Å². The van der Waals surface area contributed by atoms with Gasteiger partial charge in [0.05, 0.1) is 10.2 Å². The number of nitrogens with one attached hydrogen (secondary N) is 2. The second-order valence-corrected chi connectivity index (χ2v) is 7.24. The smallest absolute Gasteiger partial charge is 0.323 e. The first-order valence-corrected chi connectivity index (χ1v) is 9.50. The Bertz CT molecular complexity index is 1140. The number of aromatic nitrogens is 1. The fraction of sp³-hybridized carbons (Fsp3) is 0.0476. The topological polar surface area (TPSA) is 72.5 Å². The lowest BCUT2D eigenvalue weighted by Crippen LogP contribution is -2.19. The number of ether oxygens (including phenoxy) is 2. The summed E-state index contributed by atoms with van der Waals surface area (Å²) in [6.45, 7) is 0.200. The average Bonchev–Trinajstić information content (AvgIpc) is 3.34. The fourth-order valence-electron chi connectivity index (χ4n) is 2.96. The minimum absolute atomic E-state index is 0.200. The molecule has 0 bridgehead atoms. The van der Waals surface area contributed by atoms with Crippen LogP contribution in [0, 0.1) is 0 Å². The first-order chi connectivity index (χ1) is 13.7. The molecular formula is C21H15N3O3S. The molecule has 138 valence electrons. The van der Waals surface area contributed by atoms with Crippen LogP contribution >= 0.6 is 11.3 Å². The number of para-hydroxylation sites is 1. The van der Waals surface area contributed by atoms with Gasteiger partial charge in [-0.25, -0.2) is 9.78 Å². The van der Waals surface area contributed by atoms with Crippen LogP contribution in [0.3, 0.4) is 0 Å². The molecule has 0 spiro atoms. The second kappa shape index (κ2) is 6.86. The van der Waals surface area contributed by atoms with E-state index in [4.69, 9.17) is 9.47 Å². The van der Waals surface area contributed by atoms with E-state index < -0.39 is 0 Å². The highest BCUT2D eigenvalue weighted by atomic mass is 32.1. The van der Waals surface area contributed by atoms with Gasteiger partial charge in [0.1, 0.15) is 5.01 Å². The molecule has 0 radical (unpaired) electrons. The quantitative estimate of drug-likeness (QED) is 0.496. The third kappa shape index (κ3) is 3.23. The normalized spacial score (nSPS) is 12.1. The largest absolute Gasteiger partial charge is 0.454 e. The number of nitrogens with zero attached hydrogens (tertiary/aromatic N) is 1. The molecular weight excluding hydrogens is 374 g/mol. The summed E-state index contributed by atoms with van der Waals surface area (Å²) in [5.41, 5.74) is 3.34. The Morgan fingerprint density at radius 2 is 1.64 bits per heavy atom. The van der Waals surface area contributed by atoms with E-state index in [1.807, 2.05) is 42.5 Å². The Labute approximate surface area is 164 Å². The maximum atomic E-state index is 12.2. The van der Waals surface area contributed by atoms with Crippen LogP contribution in [0.15, 0.2) is 66.7 Å². The zero-order chi connectivity index (χ0) is 18.9. The van der Waals surface area contributed by atoms with Crippen molar-refractivity contribution < 1.29 is 14.3 Å². The van der Waals surface area contributed by atoms with Gasteiger partial charge in [-0.05, 0) is 48.5 Å². The highest BCUT2D eigenvalue weighted by Gasteiger charge is 2.14. The predicted molar refractivity (Wildman–Crippen MR) is 110 cm³/mol. The van der Waals surface area contributed by atoms with Gasteiger partial charge in [-0.15, -0.1) is 11.3 Å². The van der Waals surface area contributed by atoms with Crippen molar-refractivity contribution in [3.8, 4) is 22.1 Å².